The number of carbonyl (C=O) groups excluding carboxylic acids is 2. The molecule has 4 heteroatoms. The molecule has 3 aromatic carbocycles. The third-order valence-electron chi connectivity index (χ3n) is 6.22. The van der Waals surface area contributed by atoms with Crippen LogP contribution in [-0.4, -0.2) is 34.2 Å². The molecule has 0 fully saturated rings. The van der Waals surface area contributed by atoms with E-state index < -0.39 is 6.04 Å². The van der Waals surface area contributed by atoms with Crippen LogP contribution < -0.4 is 0 Å². The van der Waals surface area contributed by atoms with Gasteiger partial charge in [0.15, 0.2) is 0 Å². The lowest BCUT2D eigenvalue weighted by atomic mass is 9.97. The van der Waals surface area contributed by atoms with Crippen LogP contribution in [0.15, 0.2) is 78.9 Å². The van der Waals surface area contributed by atoms with Crippen molar-refractivity contribution in [1.82, 2.24) is 9.80 Å². The van der Waals surface area contributed by atoms with Crippen LogP contribution in [0.2, 0.25) is 0 Å². The van der Waals surface area contributed by atoms with Crippen molar-refractivity contribution in [1.29, 1.82) is 0 Å². The number of benzene rings is 3. The molecular formula is C26H24N2O2. The molecule has 0 N–H and O–H groups in total. The van der Waals surface area contributed by atoms with Crippen LogP contribution in [0, 0.1) is 0 Å². The summed E-state index contributed by atoms with van der Waals surface area (Å²) in [7, 11) is 0. The monoisotopic (exact) mass is 396 g/mol. The van der Waals surface area contributed by atoms with Gasteiger partial charge in [-0.3, -0.25) is 9.59 Å². The zero-order valence-corrected chi connectivity index (χ0v) is 16.8. The standard InChI is InChI=1S/C26H24N2O2/c29-25-23-13-7-6-12-22(23)18-28(25)24(16-19-8-2-1-3-9-19)26(30)27-15-14-20-10-4-5-11-21(20)17-27/h1-13,24H,14-18H2. The minimum atomic E-state index is -0.502. The number of fused-ring (bicyclic) bond motifs is 2. The Balaban J connectivity index is 1.45. The summed E-state index contributed by atoms with van der Waals surface area (Å²) in [5, 5.41) is 0. The number of hydrogen-bond donors (Lipinski definition) is 0. The van der Waals surface area contributed by atoms with Crippen LogP contribution >= 0.6 is 0 Å². The second-order valence-corrected chi connectivity index (χ2v) is 8.07. The van der Waals surface area contributed by atoms with Crippen molar-refractivity contribution < 1.29 is 9.59 Å². The average Bonchev–Trinajstić information content (AvgIpc) is 3.14. The van der Waals surface area contributed by atoms with Crippen LogP contribution in [0.1, 0.15) is 32.6 Å². The summed E-state index contributed by atoms with van der Waals surface area (Å²) in [6, 6.07) is 25.5. The zero-order valence-electron chi connectivity index (χ0n) is 16.8. The second kappa shape index (κ2) is 7.79. The van der Waals surface area contributed by atoms with Crippen LogP contribution in [0.5, 0.6) is 0 Å². The molecule has 150 valence electrons. The Morgan fingerprint density at radius 3 is 2.23 bits per heavy atom. The van der Waals surface area contributed by atoms with E-state index in [0.29, 0.717) is 31.6 Å². The summed E-state index contributed by atoms with van der Waals surface area (Å²) >= 11 is 0. The Labute approximate surface area is 176 Å². The fourth-order valence-electron chi connectivity index (χ4n) is 4.59. The highest BCUT2D eigenvalue weighted by Gasteiger charge is 2.38. The van der Waals surface area contributed by atoms with Crippen molar-refractivity contribution in [3.05, 3.63) is 107 Å². The fourth-order valence-corrected chi connectivity index (χ4v) is 4.59. The molecule has 0 saturated heterocycles. The minimum Gasteiger partial charge on any atom is -0.336 e. The van der Waals surface area contributed by atoms with Gasteiger partial charge in [0, 0.05) is 31.6 Å². The first-order valence-electron chi connectivity index (χ1n) is 10.5. The second-order valence-electron chi connectivity index (χ2n) is 8.07. The molecule has 2 amide bonds. The number of rotatable bonds is 4. The summed E-state index contributed by atoms with van der Waals surface area (Å²) in [5.74, 6) is -0.00759. The van der Waals surface area contributed by atoms with Crippen molar-refractivity contribution in [2.75, 3.05) is 6.54 Å². The minimum absolute atomic E-state index is 0.0366. The quantitative estimate of drug-likeness (QED) is 0.672. The molecule has 1 atom stereocenters. The number of nitrogens with zero attached hydrogens (tertiary/aromatic N) is 2. The lowest BCUT2D eigenvalue weighted by Gasteiger charge is -2.35. The van der Waals surface area contributed by atoms with Gasteiger partial charge in [-0.05, 0) is 34.7 Å². The van der Waals surface area contributed by atoms with E-state index >= 15 is 0 Å². The highest BCUT2D eigenvalue weighted by Crippen LogP contribution is 2.28. The van der Waals surface area contributed by atoms with E-state index in [1.165, 1.54) is 11.1 Å². The molecule has 0 aromatic heterocycles. The maximum atomic E-state index is 13.7. The maximum Gasteiger partial charge on any atom is 0.255 e. The molecule has 2 heterocycles. The number of carbonyl (C=O) groups is 2. The van der Waals surface area contributed by atoms with Gasteiger partial charge in [-0.15, -0.1) is 0 Å². The highest BCUT2D eigenvalue weighted by molar-refractivity contribution is 6.01. The highest BCUT2D eigenvalue weighted by atomic mass is 16.2. The van der Waals surface area contributed by atoms with Gasteiger partial charge in [0.25, 0.3) is 5.91 Å². The Bertz CT molecular complexity index is 1090. The predicted octanol–water partition coefficient (Wildman–Crippen LogP) is 3.84. The van der Waals surface area contributed by atoms with Gasteiger partial charge in [0.1, 0.15) is 6.04 Å². The summed E-state index contributed by atoms with van der Waals surface area (Å²) in [4.78, 5) is 30.6. The first-order chi connectivity index (χ1) is 14.7. The molecule has 5 rings (SSSR count). The van der Waals surface area contributed by atoms with Crippen LogP contribution in [0.25, 0.3) is 0 Å². The lowest BCUT2D eigenvalue weighted by Crippen LogP contribution is -2.51. The van der Waals surface area contributed by atoms with E-state index in [4.69, 9.17) is 0 Å². The van der Waals surface area contributed by atoms with Crippen LogP contribution in [-0.2, 0) is 30.7 Å². The van der Waals surface area contributed by atoms with Gasteiger partial charge >= 0.3 is 0 Å². The van der Waals surface area contributed by atoms with Crippen molar-refractivity contribution in [2.45, 2.75) is 32.0 Å². The largest absolute Gasteiger partial charge is 0.336 e. The van der Waals surface area contributed by atoms with E-state index in [1.54, 1.807) is 4.90 Å². The van der Waals surface area contributed by atoms with Crippen molar-refractivity contribution in [2.24, 2.45) is 0 Å². The summed E-state index contributed by atoms with van der Waals surface area (Å²) in [6.45, 7) is 1.79. The fraction of sp³-hybridized carbons (Fsp3) is 0.231. The van der Waals surface area contributed by atoms with Gasteiger partial charge in [0.05, 0.1) is 0 Å². The lowest BCUT2D eigenvalue weighted by molar-refractivity contribution is -0.137. The van der Waals surface area contributed by atoms with E-state index in [2.05, 4.69) is 18.2 Å². The summed E-state index contributed by atoms with van der Waals surface area (Å²) in [6.07, 6.45) is 1.38. The summed E-state index contributed by atoms with van der Waals surface area (Å²) in [5.41, 5.74) is 5.29. The Morgan fingerprint density at radius 2 is 1.47 bits per heavy atom. The van der Waals surface area contributed by atoms with Gasteiger partial charge in [-0.25, -0.2) is 0 Å². The molecule has 30 heavy (non-hydrogen) atoms. The Kier molecular flexibility index (Phi) is 4.83. The maximum absolute atomic E-state index is 13.7. The van der Waals surface area contributed by atoms with Gasteiger partial charge < -0.3 is 9.80 Å². The van der Waals surface area contributed by atoms with Crippen molar-refractivity contribution in [3.63, 3.8) is 0 Å². The predicted molar refractivity (Wildman–Crippen MR) is 116 cm³/mol. The molecule has 4 nitrogen and oxygen atoms in total. The molecule has 0 aliphatic carbocycles. The average molecular weight is 396 g/mol. The number of amides is 2. The molecule has 0 bridgehead atoms. The van der Waals surface area contributed by atoms with Gasteiger partial charge in [0.2, 0.25) is 5.91 Å². The zero-order chi connectivity index (χ0) is 20.5. The van der Waals surface area contributed by atoms with Crippen molar-refractivity contribution >= 4 is 11.8 Å². The first kappa shape index (κ1) is 18.6. The van der Waals surface area contributed by atoms with E-state index in [-0.39, 0.29) is 11.8 Å². The topological polar surface area (TPSA) is 40.6 Å². The summed E-state index contributed by atoms with van der Waals surface area (Å²) < 4.78 is 0. The molecule has 0 saturated carbocycles. The van der Waals surface area contributed by atoms with Gasteiger partial charge in [-0.1, -0.05) is 72.8 Å². The third kappa shape index (κ3) is 3.39. The van der Waals surface area contributed by atoms with Crippen LogP contribution in [0.4, 0.5) is 0 Å². The van der Waals surface area contributed by atoms with E-state index in [9.17, 15) is 9.59 Å². The van der Waals surface area contributed by atoms with Crippen molar-refractivity contribution in [3.8, 4) is 0 Å². The molecule has 0 radical (unpaired) electrons. The Morgan fingerprint density at radius 1 is 0.800 bits per heavy atom. The van der Waals surface area contributed by atoms with E-state index in [0.717, 1.165) is 17.5 Å². The SMILES string of the molecule is O=C(C(Cc1ccccc1)N1Cc2ccccc2C1=O)N1CCc2ccccc2C1. The third-order valence-corrected chi connectivity index (χ3v) is 6.22. The number of hydrogen-bond acceptors (Lipinski definition) is 2. The molecule has 1 unspecified atom stereocenters. The van der Waals surface area contributed by atoms with Gasteiger partial charge in [-0.2, -0.15) is 0 Å². The smallest absolute Gasteiger partial charge is 0.255 e. The first-order valence-corrected chi connectivity index (χ1v) is 10.5. The van der Waals surface area contributed by atoms with Crippen LogP contribution in [0.3, 0.4) is 0 Å². The normalized spacial score (nSPS) is 16.2. The Hall–Kier alpha value is -3.40. The molecule has 2 aliphatic rings. The van der Waals surface area contributed by atoms with E-state index in [1.807, 2.05) is 65.6 Å². The molecule has 3 aromatic rings. The molecule has 0 spiro atoms. The molecular weight excluding hydrogens is 372 g/mol. The molecule has 2 aliphatic heterocycles.